The van der Waals surface area contributed by atoms with Crippen molar-refractivity contribution in [2.45, 2.75) is 25.3 Å². The van der Waals surface area contributed by atoms with Crippen LogP contribution in [0, 0.1) is 13.8 Å². The molecule has 3 rings (SSSR count). The van der Waals surface area contributed by atoms with Crippen LogP contribution in [0.3, 0.4) is 0 Å². The van der Waals surface area contributed by atoms with E-state index < -0.39 is 10.0 Å². The van der Waals surface area contributed by atoms with Gasteiger partial charge in [-0.25, -0.2) is 18.1 Å². The molecule has 3 aromatic rings. The van der Waals surface area contributed by atoms with Crippen molar-refractivity contribution in [1.29, 1.82) is 0 Å². The van der Waals surface area contributed by atoms with Crippen LogP contribution in [0.2, 0.25) is 0 Å². The molecule has 148 valence electrons. The van der Waals surface area contributed by atoms with Gasteiger partial charge in [0.1, 0.15) is 5.76 Å². The molecule has 1 N–H and O–H groups in total. The third-order valence-electron chi connectivity index (χ3n) is 4.29. The van der Waals surface area contributed by atoms with E-state index in [1.54, 1.807) is 13.0 Å². The van der Waals surface area contributed by atoms with Crippen LogP contribution in [0.5, 0.6) is 11.5 Å². The Morgan fingerprint density at radius 2 is 1.68 bits per heavy atom. The quantitative estimate of drug-likeness (QED) is 0.651. The van der Waals surface area contributed by atoms with Crippen LogP contribution in [-0.4, -0.2) is 27.6 Å². The maximum atomic E-state index is 12.6. The zero-order valence-electron chi connectivity index (χ0n) is 16.1. The topological polar surface area (TPSA) is 90.7 Å². The number of sulfonamides is 1. The highest BCUT2D eigenvalue weighted by Crippen LogP contribution is 2.29. The summed E-state index contributed by atoms with van der Waals surface area (Å²) in [5, 5.41) is 0. The summed E-state index contributed by atoms with van der Waals surface area (Å²) in [6.07, 6.45) is 0. The maximum Gasteiger partial charge on any atom is 0.241 e. The third kappa shape index (κ3) is 4.18. The second-order valence-corrected chi connectivity index (χ2v) is 8.00. The van der Waals surface area contributed by atoms with Crippen molar-refractivity contribution in [2.75, 3.05) is 14.2 Å². The van der Waals surface area contributed by atoms with E-state index in [2.05, 4.69) is 9.71 Å². The molecule has 0 aliphatic carbocycles. The van der Waals surface area contributed by atoms with Crippen LogP contribution in [0.4, 0.5) is 0 Å². The van der Waals surface area contributed by atoms with E-state index in [1.165, 1.54) is 26.4 Å². The molecule has 1 heterocycles. The molecule has 0 amide bonds. The van der Waals surface area contributed by atoms with Gasteiger partial charge in [0.05, 0.1) is 31.4 Å². The van der Waals surface area contributed by atoms with Gasteiger partial charge in [-0.15, -0.1) is 0 Å². The number of hydrogen-bond donors (Lipinski definition) is 1. The fraction of sp³-hybridized carbons (Fsp3) is 0.250. The first-order valence-electron chi connectivity index (χ1n) is 8.59. The zero-order valence-corrected chi connectivity index (χ0v) is 17.0. The van der Waals surface area contributed by atoms with Gasteiger partial charge in [-0.1, -0.05) is 17.7 Å². The first kappa shape index (κ1) is 19.9. The molecule has 0 fully saturated rings. The van der Waals surface area contributed by atoms with Gasteiger partial charge < -0.3 is 13.9 Å². The third-order valence-corrected chi connectivity index (χ3v) is 5.69. The van der Waals surface area contributed by atoms with Crippen molar-refractivity contribution in [3.8, 4) is 23.0 Å². The molecule has 0 aliphatic heterocycles. The van der Waals surface area contributed by atoms with Gasteiger partial charge in [0, 0.05) is 11.6 Å². The van der Waals surface area contributed by atoms with Crippen molar-refractivity contribution >= 4 is 10.0 Å². The predicted octanol–water partition coefficient (Wildman–Crippen LogP) is 3.45. The molecule has 0 aliphatic rings. The number of rotatable bonds is 7. The summed E-state index contributed by atoms with van der Waals surface area (Å²) in [7, 11) is -0.820. The standard InChI is InChI=1S/C20H22N2O5S/c1-13-5-7-15(8-6-13)20-22-17(14(2)27-20)12-21-28(23,24)16-9-10-18(25-3)19(11-16)26-4/h5-11,21H,12H2,1-4H3. The Balaban J connectivity index is 1.79. The summed E-state index contributed by atoms with van der Waals surface area (Å²) >= 11 is 0. The van der Waals surface area contributed by atoms with Crippen molar-refractivity contribution in [3.63, 3.8) is 0 Å². The van der Waals surface area contributed by atoms with Gasteiger partial charge in [-0.2, -0.15) is 0 Å². The van der Waals surface area contributed by atoms with Gasteiger partial charge in [0.2, 0.25) is 15.9 Å². The van der Waals surface area contributed by atoms with Crippen molar-refractivity contribution in [1.82, 2.24) is 9.71 Å². The van der Waals surface area contributed by atoms with Gasteiger partial charge in [0.15, 0.2) is 11.5 Å². The Hall–Kier alpha value is -2.84. The molecule has 2 aromatic carbocycles. The van der Waals surface area contributed by atoms with Crippen LogP contribution in [0.1, 0.15) is 17.0 Å². The van der Waals surface area contributed by atoms with Crippen LogP contribution < -0.4 is 14.2 Å². The minimum absolute atomic E-state index is 0.0118. The van der Waals surface area contributed by atoms with Gasteiger partial charge >= 0.3 is 0 Å². The molecule has 0 unspecified atom stereocenters. The summed E-state index contributed by atoms with van der Waals surface area (Å²) in [6.45, 7) is 3.77. The SMILES string of the molecule is COc1ccc(S(=O)(=O)NCc2nc(-c3ccc(C)cc3)oc2C)cc1OC. The largest absolute Gasteiger partial charge is 0.493 e. The molecule has 0 saturated carbocycles. The van der Waals surface area contributed by atoms with E-state index in [-0.39, 0.29) is 11.4 Å². The van der Waals surface area contributed by atoms with Crippen molar-refractivity contribution in [3.05, 3.63) is 59.5 Å². The summed E-state index contributed by atoms with van der Waals surface area (Å²) in [4.78, 5) is 4.50. The monoisotopic (exact) mass is 402 g/mol. The first-order valence-corrected chi connectivity index (χ1v) is 10.1. The second-order valence-electron chi connectivity index (χ2n) is 6.23. The second kappa shape index (κ2) is 8.04. The Labute approximate surface area is 164 Å². The molecule has 0 radical (unpaired) electrons. The van der Waals surface area contributed by atoms with Crippen LogP contribution >= 0.6 is 0 Å². The van der Waals surface area contributed by atoms with E-state index in [4.69, 9.17) is 13.9 Å². The molecule has 0 atom stereocenters. The molecule has 8 heteroatoms. The number of nitrogens with one attached hydrogen (secondary N) is 1. The predicted molar refractivity (Wildman–Crippen MR) is 105 cm³/mol. The molecule has 1 aromatic heterocycles. The van der Waals surface area contributed by atoms with Crippen LogP contribution in [0.25, 0.3) is 11.5 Å². The first-order chi connectivity index (χ1) is 13.3. The number of ether oxygens (including phenoxy) is 2. The lowest BCUT2D eigenvalue weighted by atomic mass is 10.1. The molecule has 0 bridgehead atoms. The summed E-state index contributed by atoms with van der Waals surface area (Å²) in [5.41, 5.74) is 2.50. The molecule has 0 saturated heterocycles. The lowest BCUT2D eigenvalue weighted by Gasteiger charge is -2.10. The molecular weight excluding hydrogens is 380 g/mol. The average molecular weight is 402 g/mol. The number of oxazole rings is 1. The molecule has 7 nitrogen and oxygen atoms in total. The van der Waals surface area contributed by atoms with Crippen molar-refractivity contribution < 1.29 is 22.3 Å². The van der Waals surface area contributed by atoms with E-state index in [9.17, 15) is 8.42 Å². The maximum absolute atomic E-state index is 12.6. The Kier molecular flexibility index (Phi) is 5.71. The van der Waals surface area contributed by atoms with E-state index in [0.29, 0.717) is 28.8 Å². The number of hydrogen-bond acceptors (Lipinski definition) is 6. The molecule has 28 heavy (non-hydrogen) atoms. The highest BCUT2D eigenvalue weighted by Gasteiger charge is 2.19. The fourth-order valence-electron chi connectivity index (χ4n) is 2.64. The minimum atomic E-state index is -3.76. The fourth-order valence-corrected chi connectivity index (χ4v) is 3.64. The lowest BCUT2D eigenvalue weighted by molar-refractivity contribution is 0.354. The Morgan fingerprint density at radius 1 is 1.00 bits per heavy atom. The summed E-state index contributed by atoms with van der Waals surface area (Å²) in [6, 6.07) is 12.2. The zero-order chi connectivity index (χ0) is 20.3. The number of nitrogens with zero attached hydrogens (tertiary/aromatic N) is 1. The molecular formula is C20H22N2O5S. The van der Waals surface area contributed by atoms with Gasteiger partial charge in [-0.05, 0) is 38.1 Å². The van der Waals surface area contributed by atoms with Crippen LogP contribution in [0.15, 0.2) is 51.8 Å². The summed E-state index contributed by atoms with van der Waals surface area (Å²) in [5.74, 6) is 1.81. The summed E-state index contributed by atoms with van der Waals surface area (Å²) < 4.78 is 43.8. The lowest BCUT2D eigenvalue weighted by Crippen LogP contribution is -2.23. The highest BCUT2D eigenvalue weighted by atomic mass is 32.2. The van der Waals surface area contributed by atoms with Crippen molar-refractivity contribution in [2.24, 2.45) is 0 Å². The number of aryl methyl sites for hydroxylation is 2. The minimum Gasteiger partial charge on any atom is -0.493 e. The number of methoxy groups -OCH3 is 2. The van der Waals surface area contributed by atoms with E-state index in [0.717, 1.165) is 11.1 Å². The smallest absolute Gasteiger partial charge is 0.241 e. The van der Waals surface area contributed by atoms with Gasteiger partial charge in [-0.3, -0.25) is 0 Å². The van der Waals surface area contributed by atoms with E-state index >= 15 is 0 Å². The number of aromatic nitrogens is 1. The van der Waals surface area contributed by atoms with Gasteiger partial charge in [0.25, 0.3) is 0 Å². The van der Waals surface area contributed by atoms with Crippen LogP contribution in [-0.2, 0) is 16.6 Å². The Morgan fingerprint density at radius 3 is 2.32 bits per heavy atom. The van der Waals surface area contributed by atoms with E-state index in [1.807, 2.05) is 31.2 Å². The highest BCUT2D eigenvalue weighted by molar-refractivity contribution is 7.89. The number of benzene rings is 2. The molecule has 0 spiro atoms. The Bertz CT molecular complexity index is 1070. The normalized spacial score (nSPS) is 11.4. The average Bonchev–Trinajstić information content (AvgIpc) is 3.07.